The number of unbranched alkanes of at least 4 members (excludes halogenated alkanes) is 3. The topological polar surface area (TPSA) is 139 Å². The van der Waals surface area contributed by atoms with Crippen molar-refractivity contribution in [2.75, 3.05) is 6.54 Å². The molecule has 0 fully saturated rings. The number of rotatable bonds is 9. The number of carbonyl (C=O) groups is 3. The quantitative estimate of drug-likeness (QED) is 0.161. The lowest BCUT2D eigenvalue weighted by Gasteiger charge is -2.16. The van der Waals surface area contributed by atoms with Crippen LogP contribution >= 0.6 is 0 Å². The van der Waals surface area contributed by atoms with Gasteiger partial charge in [-0.25, -0.2) is 10.6 Å². The van der Waals surface area contributed by atoms with Crippen molar-refractivity contribution in [3.8, 4) is 0 Å². The van der Waals surface area contributed by atoms with E-state index in [1.165, 1.54) is 0 Å². The maximum absolute atomic E-state index is 11.5. The molecular weight excluding hydrogens is 250 g/mol. The van der Waals surface area contributed by atoms with Crippen LogP contribution in [-0.4, -0.2) is 30.4 Å². The van der Waals surface area contributed by atoms with Crippen molar-refractivity contribution >= 4 is 17.8 Å². The first kappa shape index (κ1) is 17.2. The van der Waals surface area contributed by atoms with E-state index in [1.54, 1.807) is 0 Å². The lowest BCUT2D eigenvalue weighted by molar-refractivity contribution is -0.126. The third kappa shape index (κ3) is 8.83. The first-order valence-electron chi connectivity index (χ1n) is 6.34. The Morgan fingerprint density at radius 1 is 1.16 bits per heavy atom. The fourth-order valence-corrected chi connectivity index (χ4v) is 1.47. The molecule has 0 saturated carbocycles. The molecule has 0 saturated heterocycles. The zero-order valence-corrected chi connectivity index (χ0v) is 11.2. The van der Waals surface area contributed by atoms with Crippen LogP contribution in [0.4, 0.5) is 4.79 Å². The monoisotopic (exact) mass is 273 g/mol. The van der Waals surface area contributed by atoms with Gasteiger partial charge in [0.05, 0.1) is 6.42 Å². The summed E-state index contributed by atoms with van der Waals surface area (Å²) in [5.74, 6) is 3.59. The highest BCUT2D eigenvalue weighted by molar-refractivity contribution is 5.90. The summed E-state index contributed by atoms with van der Waals surface area (Å²) < 4.78 is 0. The van der Waals surface area contributed by atoms with Crippen LogP contribution in [0.15, 0.2) is 0 Å². The first-order valence-corrected chi connectivity index (χ1v) is 6.34. The van der Waals surface area contributed by atoms with Crippen LogP contribution in [0.25, 0.3) is 0 Å². The number of hydrazine groups is 1. The van der Waals surface area contributed by atoms with Crippen molar-refractivity contribution in [3.63, 3.8) is 0 Å². The van der Waals surface area contributed by atoms with Crippen LogP contribution < -0.4 is 27.6 Å². The number of hydrogen-bond donors (Lipinski definition) is 5. The van der Waals surface area contributed by atoms with Gasteiger partial charge in [0.25, 0.3) is 5.91 Å². The average molecular weight is 273 g/mol. The molecule has 19 heavy (non-hydrogen) atoms. The van der Waals surface area contributed by atoms with Crippen LogP contribution in [0.2, 0.25) is 0 Å². The van der Waals surface area contributed by atoms with Crippen LogP contribution in [0.5, 0.6) is 0 Å². The number of amides is 4. The molecule has 0 aliphatic heterocycles. The summed E-state index contributed by atoms with van der Waals surface area (Å²) in [6.45, 7) is 2.61. The largest absolute Gasteiger partial charge is 0.370 e. The van der Waals surface area contributed by atoms with Gasteiger partial charge in [-0.15, -0.1) is 0 Å². The Morgan fingerprint density at radius 2 is 1.84 bits per heavy atom. The van der Waals surface area contributed by atoms with E-state index in [2.05, 4.69) is 17.6 Å². The highest BCUT2D eigenvalue weighted by Gasteiger charge is 2.21. The molecule has 4 amide bonds. The zero-order valence-electron chi connectivity index (χ0n) is 11.2. The van der Waals surface area contributed by atoms with Gasteiger partial charge in [-0.2, -0.15) is 0 Å². The molecule has 0 aliphatic rings. The molecule has 0 radical (unpaired) electrons. The summed E-state index contributed by atoms with van der Waals surface area (Å²) >= 11 is 0. The summed E-state index contributed by atoms with van der Waals surface area (Å²) in [5.41, 5.74) is 6.86. The standard InChI is InChI=1S/C11H23N5O3/c1-2-3-4-5-6-14-11(19)15-8(7-9(12)17)10(18)16-13/h8H,2-7,13H2,1H3,(H2,12,17)(H,16,18)(H2,14,15,19)/t8-/m1/s1. The van der Waals surface area contributed by atoms with E-state index in [0.29, 0.717) is 6.54 Å². The van der Waals surface area contributed by atoms with Crippen LogP contribution in [0.3, 0.4) is 0 Å². The summed E-state index contributed by atoms with van der Waals surface area (Å²) in [6.07, 6.45) is 3.83. The predicted molar refractivity (Wildman–Crippen MR) is 70.6 cm³/mol. The van der Waals surface area contributed by atoms with E-state index in [9.17, 15) is 14.4 Å². The van der Waals surface area contributed by atoms with Gasteiger partial charge in [0.2, 0.25) is 5.91 Å². The Balaban J connectivity index is 4.02. The molecule has 8 heteroatoms. The minimum Gasteiger partial charge on any atom is -0.370 e. The molecule has 8 nitrogen and oxygen atoms in total. The van der Waals surface area contributed by atoms with Crippen LogP contribution in [-0.2, 0) is 9.59 Å². The molecule has 0 aromatic heterocycles. The Labute approximate surface area is 112 Å². The molecular formula is C11H23N5O3. The predicted octanol–water partition coefficient (Wildman–Crippen LogP) is -0.900. The molecule has 0 aromatic rings. The molecule has 0 spiro atoms. The van der Waals surface area contributed by atoms with Gasteiger partial charge in [0, 0.05) is 6.54 Å². The second-order valence-corrected chi connectivity index (χ2v) is 4.19. The first-order chi connectivity index (χ1) is 9.01. The number of carbonyl (C=O) groups excluding carboxylic acids is 3. The van der Waals surface area contributed by atoms with Gasteiger partial charge in [-0.1, -0.05) is 26.2 Å². The zero-order chi connectivity index (χ0) is 14.7. The number of hydrogen-bond acceptors (Lipinski definition) is 4. The minimum absolute atomic E-state index is 0.299. The van der Waals surface area contributed by atoms with Crippen LogP contribution in [0.1, 0.15) is 39.0 Å². The highest BCUT2D eigenvalue weighted by atomic mass is 16.2. The SMILES string of the molecule is CCCCCCNC(=O)N[C@H](CC(N)=O)C(=O)NN. The maximum Gasteiger partial charge on any atom is 0.315 e. The summed E-state index contributed by atoms with van der Waals surface area (Å²) in [4.78, 5) is 33.6. The fraction of sp³-hybridized carbons (Fsp3) is 0.727. The third-order valence-electron chi connectivity index (χ3n) is 2.49. The number of urea groups is 1. The van der Waals surface area contributed by atoms with Gasteiger partial charge in [-0.05, 0) is 6.42 Å². The van der Waals surface area contributed by atoms with E-state index in [1.807, 2.05) is 5.43 Å². The Kier molecular flexibility index (Phi) is 9.15. The van der Waals surface area contributed by atoms with Crippen molar-refractivity contribution in [1.29, 1.82) is 0 Å². The summed E-state index contributed by atoms with van der Waals surface area (Å²) in [5, 5.41) is 4.95. The van der Waals surface area contributed by atoms with E-state index < -0.39 is 23.9 Å². The smallest absolute Gasteiger partial charge is 0.315 e. The van der Waals surface area contributed by atoms with Crippen molar-refractivity contribution in [2.24, 2.45) is 11.6 Å². The Bertz CT molecular complexity index is 309. The Hall–Kier alpha value is -1.83. The molecule has 0 unspecified atom stereocenters. The molecule has 0 bridgehead atoms. The van der Waals surface area contributed by atoms with Gasteiger partial charge < -0.3 is 16.4 Å². The van der Waals surface area contributed by atoms with Gasteiger partial charge >= 0.3 is 6.03 Å². The summed E-state index contributed by atoms with van der Waals surface area (Å²) in [7, 11) is 0. The fourth-order valence-electron chi connectivity index (χ4n) is 1.47. The van der Waals surface area contributed by atoms with Gasteiger partial charge in [0.15, 0.2) is 0 Å². The van der Waals surface area contributed by atoms with E-state index >= 15 is 0 Å². The molecule has 110 valence electrons. The molecule has 1 atom stereocenters. The lowest BCUT2D eigenvalue weighted by Crippen LogP contribution is -2.53. The molecule has 0 rings (SSSR count). The van der Waals surface area contributed by atoms with E-state index in [4.69, 9.17) is 11.6 Å². The molecule has 0 aliphatic carbocycles. The lowest BCUT2D eigenvalue weighted by atomic mass is 10.2. The van der Waals surface area contributed by atoms with Crippen molar-refractivity contribution < 1.29 is 14.4 Å². The van der Waals surface area contributed by atoms with E-state index in [-0.39, 0.29) is 6.42 Å². The maximum atomic E-state index is 11.5. The van der Waals surface area contributed by atoms with Crippen LogP contribution in [0, 0.1) is 0 Å². The molecule has 7 N–H and O–H groups in total. The number of primary amides is 1. The van der Waals surface area contributed by atoms with Crippen molar-refractivity contribution in [3.05, 3.63) is 0 Å². The summed E-state index contributed by atoms with van der Waals surface area (Å²) in [6, 6.07) is -1.58. The number of nitrogens with one attached hydrogen (secondary N) is 3. The minimum atomic E-state index is -1.06. The number of nitrogens with two attached hydrogens (primary N) is 2. The van der Waals surface area contributed by atoms with Gasteiger partial charge in [0.1, 0.15) is 6.04 Å². The second kappa shape index (κ2) is 10.1. The average Bonchev–Trinajstić information content (AvgIpc) is 2.36. The highest BCUT2D eigenvalue weighted by Crippen LogP contribution is 1.97. The Morgan fingerprint density at radius 3 is 2.37 bits per heavy atom. The normalized spacial score (nSPS) is 11.5. The van der Waals surface area contributed by atoms with Crippen molar-refractivity contribution in [1.82, 2.24) is 16.1 Å². The molecule has 0 aromatic carbocycles. The van der Waals surface area contributed by atoms with E-state index in [0.717, 1.165) is 25.7 Å². The van der Waals surface area contributed by atoms with Gasteiger partial charge in [-0.3, -0.25) is 15.0 Å². The third-order valence-corrected chi connectivity index (χ3v) is 2.49. The van der Waals surface area contributed by atoms with Crippen molar-refractivity contribution in [2.45, 2.75) is 45.1 Å². The second-order valence-electron chi connectivity index (χ2n) is 4.19. The molecule has 0 heterocycles.